The normalized spacial score (nSPS) is 13.6. The molecule has 0 unspecified atom stereocenters. The minimum atomic E-state index is -3.97. The lowest BCUT2D eigenvalue weighted by molar-refractivity contribution is -0.385. The number of hydrogen-bond acceptors (Lipinski definition) is 5. The average molecular weight is 361 g/mol. The van der Waals surface area contributed by atoms with E-state index in [1.54, 1.807) is 23.1 Å². The Bertz CT molecular complexity index is 971. The lowest BCUT2D eigenvalue weighted by Gasteiger charge is -2.15. The van der Waals surface area contributed by atoms with Gasteiger partial charge in [0.25, 0.3) is 15.7 Å². The third-order valence-corrected chi connectivity index (χ3v) is 5.30. The van der Waals surface area contributed by atoms with Gasteiger partial charge in [0.15, 0.2) is 0 Å². The predicted octanol–water partition coefficient (Wildman–Crippen LogP) is 2.30. The first kappa shape index (κ1) is 16.9. The minimum absolute atomic E-state index is 0.0313. The highest BCUT2D eigenvalue weighted by Gasteiger charge is 2.26. The molecule has 0 atom stereocenters. The average Bonchev–Trinajstić information content (AvgIpc) is 2.88. The van der Waals surface area contributed by atoms with Crippen molar-refractivity contribution in [3.05, 3.63) is 58.1 Å². The largest absolute Gasteiger partial charge is 0.312 e. The van der Waals surface area contributed by atoms with Gasteiger partial charge in [0.1, 0.15) is 0 Å². The van der Waals surface area contributed by atoms with E-state index in [4.69, 9.17) is 0 Å². The number of non-ortho nitro benzene ring substituents is 1. The number of nitro groups is 1. The molecule has 1 aliphatic heterocycles. The van der Waals surface area contributed by atoms with Crippen molar-refractivity contribution >= 4 is 33.0 Å². The van der Waals surface area contributed by atoms with Gasteiger partial charge in [-0.1, -0.05) is 6.07 Å². The van der Waals surface area contributed by atoms with Gasteiger partial charge in [-0.2, -0.15) is 0 Å². The van der Waals surface area contributed by atoms with E-state index >= 15 is 0 Å². The Morgan fingerprint density at radius 2 is 2.00 bits per heavy atom. The number of amides is 1. The van der Waals surface area contributed by atoms with E-state index in [0.29, 0.717) is 12.2 Å². The molecular formula is C16H15N3O5S. The number of benzene rings is 2. The summed E-state index contributed by atoms with van der Waals surface area (Å²) in [7, 11) is -3.97. The van der Waals surface area contributed by atoms with Crippen LogP contribution < -0.4 is 9.62 Å². The molecule has 0 aliphatic carbocycles. The molecule has 3 rings (SSSR count). The van der Waals surface area contributed by atoms with E-state index in [0.717, 1.165) is 17.3 Å². The van der Waals surface area contributed by atoms with Crippen LogP contribution in [-0.4, -0.2) is 25.8 Å². The quantitative estimate of drug-likeness (QED) is 0.649. The van der Waals surface area contributed by atoms with Gasteiger partial charge in [0, 0.05) is 30.1 Å². The zero-order valence-corrected chi connectivity index (χ0v) is 14.1. The third kappa shape index (κ3) is 3.18. The fourth-order valence-corrected chi connectivity index (χ4v) is 3.86. The van der Waals surface area contributed by atoms with E-state index in [2.05, 4.69) is 4.72 Å². The molecule has 0 aromatic heterocycles. The van der Waals surface area contributed by atoms with E-state index in [-0.39, 0.29) is 22.9 Å². The molecule has 0 saturated carbocycles. The maximum atomic E-state index is 12.5. The number of carbonyl (C=O) groups is 1. The molecule has 0 spiro atoms. The van der Waals surface area contributed by atoms with Crippen LogP contribution in [0.25, 0.3) is 0 Å². The summed E-state index contributed by atoms with van der Waals surface area (Å²) in [5.41, 5.74) is 1.51. The summed E-state index contributed by atoms with van der Waals surface area (Å²) in [6.07, 6.45) is 0.218. The highest BCUT2D eigenvalue weighted by atomic mass is 32.2. The number of nitrogens with one attached hydrogen (secondary N) is 1. The molecule has 1 heterocycles. The summed E-state index contributed by atoms with van der Waals surface area (Å²) in [5, 5.41) is 10.8. The van der Waals surface area contributed by atoms with Crippen LogP contribution >= 0.6 is 0 Å². The summed E-state index contributed by atoms with van der Waals surface area (Å²) in [4.78, 5) is 23.5. The standard InChI is InChI=1S/C16H15N3O5S/c1-2-18-15-7-6-12(8-11(15)9-16(18)20)17-25(23,24)14-5-3-4-13(10-14)19(21)22/h3-8,10,17H,2,9H2,1H3. The van der Waals surface area contributed by atoms with E-state index in [1.165, 1.54) is 18.2 Å². The summed E-state index contributed by atoms with van der Waals surface area (Å²) in [5.74, 6) is -0.0313. The second-order valence-electron chi connectivity index (χ2n) is 5.52. The number of rotatable bonds is 5. The second kappa shape index (κ2) is 6.17. The van der Waals surface area contributed by atoms with Crippen molar-refractivity contribution in [3.8, 4) is 0 Å². The van der Waals surface area contributed by atoms with Gasteiger partial charge in [0.2, 0.25) is 5.91 Å². The Balaban J connectivity index is 1.90. The smallest absolute Gasteiger partial charge is 0.270 e. The SMILES string of the molecule is CCN1C(=O)Cc2cc(NS(=O)(=O)c3cccc([N+](=O)[O-])c3)ccc21. The number of fused-ring (bicyclic) bond motifs is 1. The molecule has 25 heavy (non-hydrogen) atoms. The van der Waals surface area contributed by atoms with Crippen LogP contribution in [0, 0.1) is 10.1 Å². The predicted molar refractivity (Wildman–Crippen MR) is 92.1 cm³/mol. The fourth-order valence-electron chi connectivity index (χ4n) is 2.77. The molecule has 9 heteroatoms. The summed E-state index contributed by atoms with van der Waals surface area (Å²) in [6, 6.07) is 9.68. The Morgan fingerprint density at radius 3 is 2.68 bits per heavy atom. The molecule has 0 radical (unpaired) electrons. The summed E-state index contributed by atoms with van der Waals surface area (Å²) in [6.45, 7) is 2.41. The Labute approximate surface area is 144 Å². The Kier molecular flexibility index (Phi) is 4.17. The molecule has 0 saturated heterocycles. The molecule has 1 aliphatic rings. The van der Waals surface area contributed by atoms with Crippen LogP contribution in [0.2, 0.25) is 0 Å². The maximum Gasteiger partial charge on any atom is 0.270 e. The van der Waals surface area contributed by atoms with Gasteiger partial charge in [-0.25, -0.2) is 8.42 Å². The molecule has 2 aromatic rings. The monoisotopic (exact) mass is 361 g/mol. The van der Waals surface area contributed by atoms with Crippen LogP contribution in [0.1, 0.15) is 12.5 Å². The van der Waals surface area contributed by atoms with E-state index < -0.39 is 14.9 Å². The number of carbonyl (C=O) groups excluding carboxylic acids is 1. The topological polar surface area (TPSA) is 110 Å². The van der Waals surface area contributed by atoms with Gasteiger partial charge < -0.3 is 4.90 Å². The van der Waals surface area contributed by atoms with Crippen molar-refractivity contribution in [1.82, 2.24) is 0 Å². The van der Waals surface area contributed by atoms with Gasteiger partial charge in [0.05, 0.1) is 16.2 Å². The van der Waals surface area contributed by atoms with Crippen molar-refractivity contribution in [3.63, 3.8) is 0 Å². The van der Waals surface area contributed by atoms with Crippen LogP contribution in [0.5, 0.6) is 0 Å². The van der Waals surface area contributed by atoms with Crippen molar-refractivity contribution in [1.29, 1.82) is 0 Å². The molecule has 130 valence electrons. The first-order chi connectivity index (χ1) is 11.8. The van der Waals surface area contributed by atoms with Crippen LogP contribution in [0.15, 0.2) is 47.4 Å². The van der Waals surface area contributed by atoms with Crippen molar-refractivity contribution in [2.75, 3.05) is 16.2 Å². The van der Waals surface area contributed by atoms with Crippen LogP contribution in [0.4, 0.5) is 17.1 Å². The van der Waals surface area contributed by atoms with Gasteiger partial charge in [-0.15, -0.1) is 0 Å². The van der Waals surface area contributed by atoms with Crippen LogP contribution in [0.3, 0.4) is 0 Å². The summed E-state index contributed by atoms with van der Waals surface area (Å²) >= 11 is 0. The molecule has 1 amide bonds. The molecule has 0 bridgehead atoms. The summed E-state index contributed by atoms with van der Waals surface area (Å²) < 4.78 is 27.3. The van der Waals surface area contributed by atoms with Crippen molar-refractivity contribution in [2.45, 2.75) is 18.2 Å². The highest BCUT2D eigenvalue weighted by Crippen LogP contribution is 2.31. The number of sulfonamides is 1. The Hall–Kier alpha value is -2.94. The number of anilines is 2. The van der Waals surface area contributed by atoms with Gasteiger partial charge in [-0.05, 0) is 36.8 Å². The molecular weight excluding hydrogens is 346 g/mol. The third-order valence-electron chi connectivity index (χ3n) is 3.92. The number of nitro benzene ring substituents is 1. The van der Waals surface area contributed by atoms with Crippen LogP contribution in [-0.2, 0) is 21.2 Å². The van der Waals surface area contributed by atoms with Gasteiger partial charge >= 0.3 is 0 Å². The minimum Gasteiger partial charge on any atom is -0.312 e. The zero-order valence-electron chi connectivity index (χ0n) is 13.3. The lowest BCUT2D eigenvalue weighted by Crippen LogP contribution is -2.25. The molecule has 1 N–H and O–H groups in total. The molecule has 2 aromatic carbocycles. The molecule has 0 fully saturated rings. The molecule has 8 nitrogen and oxygen atoms in total. The Morgan fingerprint density at radius 1 is 1.24 bits per heavy atom. The number of hydrogen-bond donors (Lipinski definition) is 1. The van der Waals surface area contributed by atoms with E-state index in [1.807, 2.05) is 6.92 Å². The number of nitrogens with zero attached hydrogens (tertiary/aromatic N) is 2. The fraction of sp³-hybridized carbons (Fsp3) is 0.188. The number of likely N-dealkylation sites (N-methyl/N-ethyl adjacent to an activating group) is 1. The van der Waals surface area contributed by atoms with Crippen molar-refractivity contribution < 1.29 is 18.1 Å². The second-order valence-corrected chi connectivity index (χ2v) is 7.20. The van der Waals surface area contributed by atoms with Crippen molar-refractivity contribution in [2.24, 2.45) is 0 Å². The van der Waals surface area contributed by atoms with E-state index in [9.17, 15) is 23.3 Å². The first-order valence-electron chi connectivity index (χ1n) is 7.52. The highest BCUT2D eigenvalue weighted by molar-refractivity contribution is 7.92. The maximum absolute atomic E-state index is 12.5. The zero-order chi connectivity index (χ0) is 18.2. The first-order valence-corrected chi connectivity index (χ1v) is 9.00. The lowest BCUT2D eigenvalue weighted by atomic mass is 10.1. The van der Waals surface area contributed by atoms with Gasteiger partial charge in [-0.3, -0.25) is 19.6 Å².